The van der Waals surface area contributed by atoms with Crippen LogP contribution in [0.5, 0.6) is 0 Å². The molecule has 3 nitrogen and oxygen atoms in total. The zero-order valence-corrected chi connectivity index (χ0v) is 13.2. The molecule has 20 heavy (non-hydrogen) atoms. The second kappa shape index (κ2) is 4.22. The summed E-state index contributed by atoms with van der Waals surface area (Å²) in [6.45, 7) is 8.52. The number of hydrogen-bond acceptors (Lipinski definition) is 3. The Kier molecular flexibility index (Phi) is 3.03. The molecule has 3 heteroatoms. The highest BCUT2D eigenvalue weighted by molar-refractivity contribution is 5.66. The molecule has 0 aliphatic heterocycles. The summed E-state index contributed by atoms with van der Waals surface area (Å²) in [6, 6.07) is 0. The van der Waals surface area contributed by atoms with E-state index in [4.69, 9.17) is 4.74 Å². The summed E-state index contributed by atoms with van der Waals surface area (Å²) in [4.78, 5) is 11.3. The lowest BCUT2D eigenvalue weighted by Crippen LogP contribution is -2.55. The summed E-state index contributed by atoms with van der Waals surface area (Å²) in [5, 5.41) is 11.1. The van der Waals surface area contributed by atoms with E-state index < -0.39 is 5.60 Å². The molecule has 3 aliphatic carbocycles. The van der Waals surface area contributed by atoms with Crippen molar-refractivity contribution >= 4 is 5.97 Å². The van der Waals surface area contributed by atoms with Gasteiger partial charge in [0, 0.05) is 6.92 Å². The van der Waals surface area contributed by atoms with Crippen LogP contribution in [0.2, 0.25) is 0 Å². The van der Waals surface area contributed by atoms with E-state index in [0.29, 0.717) is 5.41 Å². The maximum atomic E-state index is 11.3. The zero-order valence-electron chi connectivity index (χ0n) is 13.2. The van der Waals surface area contributed by atoms with Gasteiger partial charge < -0.3 is 9.84 Å². The molecule has 3 aliphatic rings. The van der Waals surface area contributed by atoms with Crippen molar-refractivity contribution in [3.05, 3.63) is 0 Å². The molecule has 3 rings (SSSR count). The van der Waals surface area contributed by atoms with Gasteiger partial charge in [0.2, 0.25) is 0 Å². The van der Waals surface area contributed by atoms with Gasteiger partial charge in [-0.25, -0.2) is 0 Å². The predicted octanol–water partition coefficient (Wildman–Crippen LogP) is 3.30. The number of fused-ring (bicyclic) bond motifs is 4. The second-order valence-corrected chi connectivity index (χ2v) is 8.52. The van der Waals surface area contributed by atoms with Crippen LogP contribution in [0.25, 0.3) is 0 Å². The average molecular weight is 280 g/mol. The zero-order chi connectivity index (χ0) is 14.8. The summed E-state index contributed by atoms with van der Waals surface area (Å²) in [5.41, 5.74) is -0.160. The van der Waals surface area contributed by atoms with Crippen molar-refractivity contribution in [1.82, 2.24) is 0 Å². The topological polar surface area (TPSA) is 46.5 Å². The molecule has 0 aromatic heterocycles. The minimum atomic E-state index is -0.800. The summed E-state index contributed by atoms with van der Waals surface area (Å²) in [5.74, 6) is 1.20. The highest BCUT2D eigenvalue weighted by Crippen LogP contribution is 2.66. The minimum absolute atomic E-state index is 0.224. The molecule has 0 radical (unpaired) electrons. The van der Waals surface area contributed by atoms with Gasteiger partial charge in [-0.2, -0.15) is 0 Å². The molecule has 5 atom stereocenters. The van der Waals surface area contributed by atoms with E-state index in [-0.39, 0.29) is 17.5 Å². The average Bonchev–Trinajstić information content (AvgIpc) is 2.37. The number of rotatable bonds is 1. The van der Waals surface area contributed by atoms with Crippen LogP contribution in [0.15, 0.2) is 0 Å². The van der Waals surface area contributed by atoms with Gasteiger partial charge in [-0.1, -0.05) is 20.8 Å². The first kappa shape index (κ1) is 14.4. The van der Waals surface area contributed by atoms with Gasteiger partial charge in [0.25, 0.3) is 0 Å². The Morgan fingerprint density at radius 3 is 2.45 bits per heavy atom. The van der Waals surface area contributed by atoms with Gasteiger partial charge in [-0.3, -0.25) is 4.79 Å². The van der Waals surface area contributed by atoms with Gasteiger partial charge in [0.05, 0.1) is 0 Å². The maximum Gasteiger partial charge on any atom is 0.303 e. The smallest absolute Gasteiger partial charge is 0.303 e. The first-order valence-corrected chi connectivity index (χ1v) is 8.06. The van der Waals surface area contributed by atoms with Gasteiger partial charge >= 0.3 is 5.97 Å². The Balaban J connectivity index is 1.87. The van der Waals surface area contributed by atoms with Crippen molar-refractivity contribution in [1.29, 1.82) is 0 Å². The minimum Gasteiger partial charge on any atom is -0.459 e. The summed E-state index contributed by atoms with van der Waals surface area (Å²) < 4.78 is 5.43. The van der Waals surface area contributed by atoms with Gasteiger partial charge in [0.1, 0.15) is 11.7 Å². The monoisotopic (exact) mass is 280 g/mol. The molecule has 0 unspecified atom stereocenters. The molecular weight excluding hydrogens is 252 g/mol. The van der Waals surface area contributed by atoms with Crippen LogP contribution in [-0.4, -0.2) is 22.8 Å². The first-order valence-electron chi connectivity index (χ1n) is 8.06. The summed E-state index contributed by atoms with van der Waals surface area (Å²) >= 11 is 0. The van der Waals surface area contributed by atoms with Crippen LogP contribution < -0.4 is 0 Å². The summed E-state index contributed by atoms with van der Waals surface area (Å²) in [6.07, 6.45) is 5.53. The molecule has 2 bridgehead atoms. The van der Waals surface area contributed by atoms with E-state index in [1.54, 1.807) is 0 Å². The molecule has 3 saturated carbocycles. The lowest BCUT2D eigenvalue weighted by atomic mass is 9.46. The highest BCUT2D eigenvalue weighted by Gasteiger charge is 2.61. The predicted molar refractivity (Wildman–Crippen MR) is 77.1 cm³/mol. The largest absolute Gasteiger partial charge is 0.459 e. The van der Waals surface area contributed by atoms with E-state index in [1.807, 2.05) is 0 Å². The Morgan fingerprint density at radius 2 is 1.85 bits per heavy atom. The van der Waals surface area contributed by atoms with Crippen molar-refractivity contribution in [3.63, 3.8) is 0 Å². The Morgan fingerprint density at radius 1 is 1.15 bits per heavy atom. The molecule has 0 aromatic carbocycles. The van der Waals surface area contributed by atoms with Crippen LogP contribution in [0.1, 0.15) is 66.2 Å². The van der Waals surface area contributed by atoms with Crippen LogP contribution in [0.3, 0.4) is 0 Å². The quantitative estimate of drug-likeness (QED) is 0.750. The molecule has 1 N–H and O–H groups in total. The fraction of sp³-hybridized carbons (Fsp3) is 0.941. The molecule has 0 spiro atoms. The standard InChI is InChI=1S/C17H28O3/c1-11(18)20-14-6-7-16(4)10-17(14,19)8-5-12-13(16)9-15(12,2)3/h12-14,19H,5-10H2,1-4H3/t12-,13+,14+,16+,17-/m1/s1. The van der Waals surface area contributed by atoms with Crippen LogP contribution in [0, 0.1) is 22.7 Å². The van der Waals surface area contributed by atoms with Crippen molar-refractivity contribution in [2.24, 2.45) is 22.7 Å². The van der Waals surface area contributed by atoms with Gasteiger partial charge in [-0.05, 0) is 61.2 Å². The summed E-state index contributed by atoms with van der Waals surface area (Å²) in [7, 11) is 0. The number of ether oxygens (including phenoxy) is 1. The Labute approximate surface area is 122 Å². The third-order valence-corrected chi connectivity index (χ3v) is 6.61. The number of esters is 1. The van der Waals surface area contributed by atoms with Crippen molar-refractivity contribution in [2.45, 2.75) is 77.9 Å². The maximum absolute atomic E-state index is 11.3. The van der Waals surface area contributed by atoms with Crippen LogP contribution in [-0.2, 0) is 9.53 Å². The molecule has 0 aromatic rings. The van der Waals surface area contributed by atoms with Crippen molar-refractivity contribution in [2.75, 3.05) is 0 Å². The number of hydrogen-bond donors (Lipinski definition) is 1. The van der Waals surface area contributed by atoms with E-state index >= 15 is 0 Å². The van der Waals surface area contributed by atoms with E-state index in [0.717, 1.165) is 43.9 Å². The SMILES string of the molecule is CC(=O)O[C@H]1CC[C@@]2(C)C[C@]1(O)CC[C@@H]1[C@@H]2CC1(C)C. The number of carbonyl (C=O) groups excluding carboxylic acids is 1. The molecule has 0 heterocycles. The third-order valence-electron chi connectivity index (χ3n) is 6.61. The van der Waals surface area contributed by atoms with E-state index in [2.05, 4.69) is 20.8 Å². The molecule has 0 saturated heterocycles. The fourth-order valence-corrected chi connectivity index (χ4v) is 5.54. The van der Waals surface area contributed by atoms with Crippen LogP contribution in [0.4, 0.5) is 0 Å². The lowest BCUT2D eigenvalue weighted by Gasteiger charge is -2.59. The van der Waals surface area contributed by atoms with E-state index in [9.17, 15) is 9.90 Å². The van der Waals surface area contributed by atoms with Crippen molar-refractivity contribution in [3.8, 4) is 0 Å². The molecule has 3 fully saturated rings. The number of aliphatic hydroxyl groups is 1. The molecule has 114 valence electrons. The van der Waals surface area contributed by atoms with E-state index in [1.165, 1.54) is 13.3 Å². The second-order valence-electron chi connectivity index (χ2n) is 8.52. The van der Waals surface area contributed by atoms with Gasteiger partial charge in [0.15, 0.2) is 0 Å². The highest BCUT2D eigenvalue weighted by atomic mass is 16.6. The normalized spacial score (nSPS) is 49.5. The Hall–Kier alpha value is -0.570. The Bertz CT molecular complexity index is 430. The lowest BCUT2D eigenvalue weighted by molar-refractivity contribution is -0.184. The molecule has 0 amide bonds. The van der Waals surface area contributed by atoms with Crippen molar-refractivity contribution < 1.29 is 14.6 Å². The number of carbonyl (C=O) groups is 1. The first-order chi connectivity index (χ1) is 9.16. The van der Waals surface area contributed by atoms with Crippen LogP contribution >= 0.6 is 0 Å². The third kappa shape index (κ3) is 2.01. The molecular formula is C17H28O3. The fourth-order valence-electron chi connectivity index (χ4n) is 5.54. The van der Waals surface area contributed by atoms with Gasteiger partial charge in [-0.15, -0.1) is 0 Å².